The van der Waals surface area contributed by atoms with Gasteiger partial charge in [0.2, 0.25) is 0 Å². The maximum Gasteiger partial charge on any atom is 0.254 e. The van der Waals surface area contributed by atoms with E-state index >= 15 is 0 Å². The van der Waals surface area contributed by atoms with Crippen LogP contribution in [0.5, 0.6) is 5.75 Å². The molecule has 1 spiro atoms. The molecule has 142 valence electrons. The van der Waals surface area contributed by atoms with Gasteiger partial charge < -0.3 is 19.5 Å². The van der Waals surface area contributed by atoms with Crippen LogP contribution in [0.15, 0.2) is 48.8 Å². The lowest BCUT2D eigenvalue weighted by Crippen LogP contribution is -2.66. The summed E-state index contributed by atoms with van der Waals surface area (Å²) in [6, 6.07) is 10.4. The zero-order valence-corrected chi connectivity index (χ0v) is 15.2. The third kappa shape index (κ3) is 3.82. The molecule has 6 heteroatoms. The number of aromatic hydroxyl groups is 1. The van der Waals surface area contributed by atoms with E-state index < -0.39 is 0 Å². The molecule has 1 aromatic heterocycles. The molecule has 2 saturated heterocycles. The molecule has 1 unspecified atom stereocenters. The van der Waals surface area contributed by atoms with Crippen molar-refractivity contribution >= 4 is 5.91 Å². The van der Waals surface area contributed by atoms with E-state index in [4.69, 9.17) is 9.47 Å². The second-order valence-corrected chi connectivity index (χ2v) is 7.31. The topological polar surface area (TPSA) is 71.9 Å². The molecule has 2 aliphatic heterocycles. The van der Waals surface area contributed by atoms with Gasteiger partial charge in [-0.05, 0) is 48.6 Å². The first kappa shape index (κ1) is 17.9. The number of aromatic nitrogens is 1. The number of hydrogen-bond acceptors (Lipinski definition) is 5. The summed E-state index contributed by atoms with van der Waals surface area (Å²) in [4.78, 5) is 18.5. The van der Waals surface area contributed by atoms with Crippen molar-refractivity contribution < 1.29 is 19.4 Å². The first-order valence-corrected chi connectivity index (χ1v) is 9.35. The van der Waals surface area contributed by atoms with Crippen molar-refractivity contribution in [2.75, 3.05) is 26.3 Å². The Morgan fingerprint density at radius 3 is 3.00 bits per heavy atom. The van der Waals surface area contributed by atoms with Crippen molar-refractivity contribution in [2.45, 2.75) is 25.0 Å². The van der Waals surface area contributed by atoms with Crippen LogP contribution in [-0.2, 0) is 16.1 Å². The summed E-state index contributed by atoms with van der Waals surface area (Å²) in [7, 11) is 0. The summed E-state index contributed by atoms with van der Waals surface area (Å²) in [5.74, 6) is 0.454. The monoisotopic (exact) mass is 368 g/mol. The Morgan fingerprint density at radius 1 is 1.33 bits per heavy atom. The van der Waals surface area contributed by atoms with Crippen molar-refractivity contribution in [1.29, 1.82) is 0 Å². The van der Waals surface area contributed by atoms with E-state index in [0.29, 0.717) is 37.8 Å². The molecule has 3 heterocycles. The van der Waals surface area contributed by atoms with Crippen LogP contribution in [0.4, 0.5) is 0 Å². The van der Waals surface area contributed by atoms with Gasteiger partial charge in [-0.15, -0.1) is 0 Å². The third-order valence-corrected chi connectivity index (χ3v) is 5.50. The second kappa shape index (κ2) is 7.66. The average Bonchev–Trinajstić information content (AvgIpc) is 3.08. The first-order chi connectivity index (χ1) is 13.2. The lowest BCUT2D eigenvalue weighted by molar-refractivity contribution is -0.120. The molecule has 1 amide bonds. The maximum atomic E-state index is 12.6. The molecule has 6 nitrogen and oxygen atoms in total. The predicted octanol–water partition coefficient (Wildman–Crippen LogP) is 2.63. The van der Waals surface area contributed by atoms with Crippen molar-refractivity contribution in [2.24, 2.45) is 5.92 Å². The van der Waals surface area contributed by atoms with E-state index in [1.165, 1.54) is 6.07 Å². The van der Waals surface area contributed by atoms with Gasteiger partial charge in [0.1, 0.15) is 11.4 Å². The standard InChI is InChI=1S/C21H24N2O4/c24-19-5-1-4-17(11-19)20(25)23-14-21(15-23)18(7-10-27-21)6-9-26-13-16-3-2-8-22-12-16/h1-5,8,11-12,18,24H,6-7,9-10,13-15H2. The van der Waals surface area contributed by atoms with E-state index in [-0.39, 0.29) is 17.3 Å². The maximum absolute atomic E-state index is 12.6. The number of nitrogens with zero attached hydrogens (tertiary/aromatic N) is 2. The summed E-state index contributed by atoms with van der Waals surface area (Å²) in [6.45, 7) is 3.19. The molecule has 0 saturated carbocycles. The lowest BCUT2D eigenvalue weighted by Gasteiger charge is -2.50. The first-order valence-electron chi connectivity index (χ1n) is 9.35. The van der Waals surface area contributed by atoms with E-state index in [9.17, 15) is 9.90 Å². The van der Waals surface area contributed by atoms with Crippen molar-refractivity contribution in [1.82, 2.24) is 9.88 Å². The molecular weight excluding hydrogens is 344 g/mol. The van der Waals surface area contributed by atoms with Gasteiger partial charge in [-0.25, -0.2) is 0 Å². The van der Waals surface area contributed by atoms with Crippen LogP contribution in [0.3, 0.4) is 0 Å². The number of rotatable bonds is 6. The van der Waals surface area contributed by atoms with Gasteiger partial charge in [-0.3, -0.25) is 9.78 Å². The Balaban J connectivity index is 1.27. The number of pyridine rings is 1. The summed E-state index contributed by atoms with van der Waals surface area (Å²) in [6.07, 6.45) is 5.50. The lowest BCUT2D eigenvalue weighted by atomic mass is 9.79. The average molecular weight is 368 g/mol. The van der Waals surface area contributed by atoms with Gasteiger partial charge >= 0.3 is 0 Å². The molecule has 1 N–H and O–H groups in total. The highest BCUT2D eigenvalue weighted by molar-refractivity contribution is 5.95. The molecule has 2 fully saturated rings. The van der Waals surface area contributed by atoms with Crippen LogP contribution in [0.1, 0.15) is 28.8 Å². The third-order valence-electron chi connectivity index (χ3n) is 5.50. The number of amides is 1. The Hall–Kier alpha value is -2.44. The predicted molar refractivity (Wildman–Crippen MR) is 99.3 cm³/mol. The molecule has 4 rings (SSSR count). The van der Waals surface area contributed by atoms with Crippen LogP contribution in [0.2, 0.25) is 0 Å². The van der Waals surface area contributed by atoms with Crippen LogP contribution >= 0.6 is 0 Å². The van der Waals surface area contributed by atoms with Gasteiger partial charge in [0.25, 0.3) is 5.91 Å². The molecule has 1 atom stereocenters. The van der Waals surface area contributed by atoms with Crippen LogP contribution < -0.4 is 0 Å². The van der Waals surface area contributed by atoms with Crippen LogP contribution in [-0.4, -0.2) is 52.8 Å². The van der Waals surface area contributed by atoms with Crippen LogP contribution in [0, 0.1) is 5.92 Å². The number of hydrogen-bond donors (Lipinski definition) is 1. The molecule has 1 aromatic carbocycles. The minimum atomic E-state index is -0.232. The van der Waals surface area contributed by atoms with Gasteiger partial charge in [0.05, 0.1) is 19.7 Å². The Labute approximate surface area is 158 Å². The fraction of sp³-hybridized carbons (Fsp3) is 0.429. The molecular formula is C21H24N2O4. The van der Waals surface area contributed by atoms with E-state index in [1.807, 2.05) is 18.3 Å². The molecule has 27 heavy (non-hydrogen) atoms. The number of phenolic OH excluding ortho intramolecular Hbond substituents is 1. The number of phenols is 1. The summed E-state index contributed by atoms with van der Waals surface area (Å²) < 4.78 is 11.8. The minimum absolute atomic E-state index is 0.0568. The van der Waals surface area contributed by atoms with Crippen molar-refractivity contribution in [3.8, 4) is 5.75 Å². The highest BCUT2D eigenvalue weighted by Crippen LogP contribution is 2.42. The highest BCUT2D eigenvalue weighted by Gasteiger charge is 2.54. The molecule has 0 bridgehead atoms. The number of carbonyl (C=O) groups excluding carboxylic acids is 1. The minimum Gasteiger partial charge on any atom is -0.508 e. The zero-order valence-electron chi connectivity index (χ0n) is 15.2. The quantitative estimate of drug-likeness (QED) is 0.794. The molecule has 0 radical (unpaired) electrons. The fourth-order valence-corrected chi connectivity index (χ4v) is 4.01. The summed E-state index contributed by atoms with van der Waals surface area (Å²) in [5, 5.41) is 9.57. The second-order valence-electron chi connectivity index (χ2n) is 7.31. The van der Waals surface area contributed by atoms with Crippen molar-refractivity contribution in [3.05, 3.63) is 59.9 Å². The van der Waals surface area contributed by atoms with Gasteiger partial charge in [-0.1, -0.05) is 12.1 Å². The number of likely N-dealkylation sites (tertiary alicyclic amines) is 1. The zero-order chi connectivity index (χ0) is 18.7. The fourth-order valence-electron chi connectivity index (χ4n) is 4.01. The Bertz CT molecular complexity index is 790. The van der Waals surface area contributed by atoms with Gasteiger partial charge in [0.15, 0.2) is 0 Å². The Kier molecular flexibility index (Phi) is 5.09. The van der Waals surface area contributed by atoms with E-state index in [2.05, 4.69) is 4.98 Å². The van der Waals surface area contributed by atoms with E-state index in [0.717, 1.165) is 25.0 Å². The molecule has 2 aromatic rings. The van der Waals surface area contributed by atoms with Gasteiger partial charge in [0, 0.05) is 31.2 Å². The number of benzene rings is 1. The van der Waals surface area contributed by atoms with E-state index in [1.54, 1.807) is 29.3 Å². The number of ether oxygens (including phenoxy) is 2. The highest BCUT2D eigenvalue weighted by atomic mass is 16.5. The molecule has 0 aliphatic carbocycles. The summed E-state index contributed by atoms with van der Waals surface area (Å²) in [5.41, 5.74) is 1.35. The largest absolute Gasteiger partial charge is 0.508 e. The normalized spacial score (nSPS) is 20.6. The van der Waals surface area contributed by atoms with Gasteiger partial charge in [-0.2, -0.15) is 0 Å². The SMILES string of the molecule is O=C(c1cccc(O)c1)N1CC2(C1)OCCC2CCOCc1cccnc1. The Morgan fingerprint density at radius 2 is 2.22 bits per heavy atom. The number of carbonyl (C=O) groups is 1. The smallest absolute Gasteiger partial charge is 0.254 e. The summed E-state index contributed by atoms with van der Waals surface area (Å²) >= 11 is 0. The molecule has 2 aliphatic rings. The van der Waals surface area contributed by atoms with Crippen LogP contribution in [0.25, 0.3) is 0 Å². The van der Waals surface area contributed by atoms with Crippen molar-refractivity contribution in [3.63, 3.8) is 0 Å².